The minimum atomic E-state index is -1.05. The number of hydrogen-bond acceptors (Lipinski definition) is 7. The lowest BCUT2D eigenvalue weighted by molar-refractivity contribution is -0.124. The number of amidine groups is 1. The van der Waals surface area contributed by atoms with Crippen molar-refractivity contribution in [3.63, 3.8) is 0 Å². The van der Waals surface area contributed by atoms with Crippen LogP contribution < -0.4 is 10.2 Å². The summed E-state index contributed by atoms with van der Waals surface area (Å²) in [4.78, 5) is 32.3. The number of anilines is 1. The second-order valence-corrected chi connectivity index (χ2v) is 9.57. The average Bonchev–Trinajstić information content (AvgIpc) is 3.40. The number of benzene rings is 1. The van der Waals surface area contributed by atoms with Crippen molar-refractivity contribution in [1.29, 1.82) is 5.26 Å². The van der Waals surface area contributed by atoms with Crippen LogP contribution in [0.2, 0.25) is 4.34 Å². The van der Waals surface area contributed by atoms with Crippen molar-refractivity contribution < 1.29 is 19.1 Å². The number of nitrogens with one attached hydrogen (secondary N) is 1. The van der Waals surface area contributed by atoms with E-state index in [4.69, 9.17) is 26.3 Å². The van der Waals surface area contributed by atoms with E-state index >= 15 is 0 Å². The van der Waals surface area contributed by atoms with Gasteiger partial charge in [0.1, 0.15) is 11.4 Å². The molecule has 1 aromatic carbocycles. The van der Waals surface area contributed by atoms with E-state index in [9.17, 15) is 9.59 Å². The van der Waals surface area contributed by atoms with Gasteiger partial charge in [-0.05, 0) is 29.8 Å². The summed E-state index contributed by atoms with van der Waals surface area (Å²) in [5.74, 6) is 0.240. The van der Waals surface area contributed by atoms with Crippen LogP contribution in [0.25, 0.3) is 0 Å². The van der Waals surface area contributed by atoms with Crippen LogP contribution in [-0.4, -0.2) is 56.0 Å². The van der Waals surface area contributed by atoms with E-state index in [1.165, 1.54) is 11.3 Å². The van der Waals surface area contributed by atoms with Crippen molar-refractivity contribution in [2.45, 2.75) is 24.8 Å². The third kappa shape index (κ3) is 5.42. The van der Waals surface area contributed by atoms with E-state index in [0.29, 0.717) is 54.3 Å². The Hall–Kier alpha value is -2.77. The zero-order valence-corrected chi connectivity index (χ0v) is 19.5. The lowest BCUT2D eigenvalue weighted by Gasteiger charge is -2.27. The molecule has 1 aromatic heterocycles. The van der Waals surface area contributed by atoms with Gasteiger partial charge in [0.15, 0.2) is 5.78 Å². The Kier molecular flexibility index (Phi) is 7.40. The number of carbonyl (C=O) groups is 2. The number of carbonyl (C=O) groups excluding carboxylic acids is 2. The van der Waals surface area contributed by atoms with Gasteiger partial charge in [0.25, 0.3) is 5.91 Å². The Labute approximate surface area is 200 Å². The van der Waals surface area contributed by atoms with Crippen molar-refractivity contribution in [3.8, 4) is 6.19 Å². The molecule has 0 radical (unpaired) electrons. The number of ketones is 1. The second-order valence-electron chi connectivity index (χ2n) is 7.85. The van der Waals surface area contributed by atoms with Gasteiger partial charge in [-0.2, -0.15) is 10.3 Å². The average molecular weight is 487 g/mol. The molecule has 2 aliphatic rings. The fraction of sp³-hybridized carbons (Fsp3) is 0.391. The van der Waals surface area contributed by atoms with E-state index in [1.54, 1.807) is 12.1 Å². The minimum absolute atomic E-state index is 0.0985. The molecular weight excluding hydrogens is 464 g/mol. The summed E-state index contributed by atoms with van der Waals surface area (Å²) in [6, 6.07) is 10.9. The number of nitriles is 1. The van der Waals surface area contributed by atoms with Crippen LogP contribution >= 0.6 is 22.9 Å². The highest BCUT2D eigenvalue weighted by Gasteiger charge is 2.43. The molecule has 0 aliphatic carbocycles. The molecule has 10 heteroatoms. The first-order valence-corrected chi connectivity index (χ1v) is 11.8. The first-order chi connectivity index (χ1) is 16.0. The van der Waals surface area contributed by atoms with Crippen LogP contribution in [0.4, 0.5) is 5.69 Å². The predicted molar refractivity (Wildman–Crippen MR) is 126 cm³/mol. The number of ether oxygens (including phenoxy) is 2. The zero-order chi connectivity index (χ0) is 23.3. The standard InChI is InChI=1S/C23H23ClN4O4S/c24-20-6-5-18(33-20)22(30)27-23(8-11-32-14-23)19(29)13-16-1-3-17(4-2-16)28-9-12-31-10-7-21(28)26-15-25/h1-6H,7-14H2,(H,27,30)/t23-/m1/s1. The summed E-state index contributed by atoms with van der Waals surface area (Å²) in [6.45, 7) is 2.22. The lowest BCUT2D eigenvalue weighted by Crippen LogP contribution is -2.55. The summed E-state index contributed by atoms with van der Waals surface area (Å²) in [5.41, 5.74) is 0.654. The summed E-state index contributed by atoms with van der Waals surface area (Å²) in [7, 11) is 0. The number of amides is 1. The molecule has 172 valence electrons. The Morgan fingerprint density at radius 1 is 1.18 bits per heavy atom. The van der Waals surface area contributed by atoms with Crippen molar-refractivity contribution in [3.05, 3.63) is 51.2 Å². The molecule has 2 fully saturated rings. The number of aliphatic imine (C=N–C) groups is 1. The lowest BCUT2D eigenvalue weighted by atomic mass is 9.88. The number of rotatable bonds is 6. The smallest absolute Gasteiger partial charge is 0.262 e. The number of thiophene rings is 1. The Morgan fingerprint density at radius 3 is 2.67 bits per heavy atom. The largest absolute Gasteiger partial charge is 0.379 e. The molecular formula is C23H23ClN4O4S. The molecule has 4 rings (SSSR count). The van der Waals surface area contributed by atoms with Gasteiger partial charge in [-0.1, -0.05) is 23.7 Å². The van der Waals surface area contributed by atoms with Gasteiger partial charge in [0, 0.05) is 38.1 Å². The van der Waals surface area contributed by atoms with Crippen LogP contribution in [0.5, 0.6) is 0 Å². The van der Waals surface area contributed by atoms with Gasteiger partial charge < -0.3 is 19.7 Å². The van der Waals surface area contributed by atoms with E-state index in [-0.39, 0.29) is 24.7 Å². The summed E-state index contributed by atoms with van der Waals surface area (Å²) < 4.78 is 11.5. The first-order valence-electron chi connectivity index (χ1n) is 10.6. The van der Waals surface area contributed by atoms with Crippen LogP contribution in [0.1, 0.15) is 28.1 Å². The highest BCUT2D eigenvalue weighted by molar-refractivity contribution is 7.18. The van der Waals surface area contributed by atoms with Gasteiger partial charge in [0.05, 0.1) is 29.0 Å². The summed E-state index contributed by atoms with van der Waals surface area (Å²) >= 11 is 7.12. The van der Waals surface area contributed by atoms with Crippen molar-refractivity contribution in [2.75, 3.05) is 37.9 Å². The maximum atomic E-state index is 13.3. The fourth-order valence-electron chi connectivity index (χ4n) is 3.95. The van der Waals surface area contributed by atoms with Gasteiger partial charge >= 0.3 is 0 Å². The number of Topliss-reactive ketones (excluding diaryl/α,β-unsaturated/α-hetero) is 1. The van der Waals surface area contributed by atoms with Crippen LogP contribution in [0.15, 0.2) is 41.4 Å². The third-order valence-electron chi connectivity index (χ3n) is 5.74. The minimum Gasteiger partial charge on any atom is -0.379 e. The van der Waals surface area contributed by atoms with E-state index in [2.05, 4.69) is 10.3 Å². The van der Waals surface area contributed by atoms with E-state index in [1.807, 2.05) is 35.4 Å². The zero-order valence-electron chi connectivity index (χ0n) is 17.9. The third-order valence-corrected chi connectivity index (χ3v) is 6.97. The second kappa shape index (κ2) is 10.4. The predicted octanol–water partition coefficient (Wildman–Crippen LogP) is 3.21. The van der Waals surface area contributed by atoms with Crippen molar-refractivity contribution in [2.24, 2.45) is 4.99 Å². The molecule has 2 saturated heterocycles. The molecule has 3 heterocycles. The van der Waals surface area contributed by atoms with E-state index < -0.39 is 5.54 Å². The maximum Gasteiger partial charge on any atom is 0.262 e. The molecule has 0 bridgehead atoms. The molecule has 1 N–H and O–H groups in total. The SMILES string of the molecule is N#CN=C1CCOCCN1c1ccc(CC(=O)[C@@]2(NC(=O)c3ccc(Cl)s3)CCOC2)cc1. The number of nitrogens with zero attached hydrogens (tertiary/aromatic N) is 3. The number of halogens is 1. The first kappa shape index (κ1) is 23.4. The number of hydrogen-bond donors (Lipinski definition) is 1. The summed E-state index contributed by atoms with van der Waals surface area (Å²) in [6.07, 6.45) is 3.01. The molecule has 8 nitrogen and oxygen atoms in total. The molecule has 2 aromatic rings. The quantitative estimate of drug-likeness (QED) is 0.629. The Morgan fingerprint density at radius 2 is 2.00 bits per heavy atom. The molecule has 33 heavy (non-hydrogen) atoms. The Bertz CT molecular complexity index is 1090. The van der Waals surface area contributed by atoms with Crippen LogP contribution in [0.3, 0.4) is 0 Å². The van der Waals surface area contributed by atoms with Crippen LogP contribution in [0, 0.1) is 11.5 Å². The molecule has 1 amide bonds. The molecule has 2 aliphatic heterocycles. The fourth-order valence-corrected chi connectivity index (χ4v) is 4.89. The summed E-state index contributed by atoms with van der Waals surface area (Å²) in [5, 5.41) is 11.9. The van der Waals surface area contributed by atoms with Gasteiger partial charge in [-0.25, -0.2) is 0 Å². The highest BCUT2D eigenvalue weighted by Crippen LogP contribution is 2.26. The van der Waals surface area contributed by atoms with Gasteiger partial charge in [-0.3, -0.25) is 9.59 Å². The molecule has 0 unspecified atom stereocenters. The molecule has 0 spiro atoms. The van der Waals surface area contributed by atoms with Gasteiger partial charge in [0.2, 0.25) is 6.19 Å². The van der Waals surface area contributed by atoms with Crippen LogP contribution in [-0.2, 0) is 20.7 Å². The maximum absolute atomic E-state index is 13.3. The monoisotopic (exact) mass is 486 g/mol. The molecule has 0 saturated carbocycles. The topological polar surface area (TPSA) is 104 Å². The van der Waals surface area contributed by atoms with Crippen molar-refractivity contribution >= 4 is 46.2 Å². The molecule has 1 atom stereocenters. The van der Waals surface area contributed by atoms with Crippen molar-refractivity contribution in [1.82, 2.24) is 5.32 Å². The Balaban J connectivity index is 1.47. The van der Waals surface area contributed by atoms with Gasteiger partial charge in [-0.15, -0.1) is 11.3 Å². The normalized spacial score (nSPS) is 22.1. The van der Waals surface area contributed by atoms with E-state index in [0.717, 1.165) is 11.3 Å². The highest BCUT2D eigenvalue weighted by atomic mass is 35.5.